The Hall–Kier alpha value is -1.88. The standard InChI is InChI=1S/C19H24FN3O/c1-11-18-13(3-6-17(24)23(18)15-4-5-15)9-16(20)19(11)22-8-7-14(10-22)12(2)21/h3,6,9,12,14-15H,4-5,7-8,10,21H2,1-2H3/t12-,14?/m0/s1. The summed E-state index contributed by atoms with van der Waals surface area (Å²) in [6, 6.07) is 5.26. The van der Waals surface area contributed by atoms with E-state index in [1.165, 1.54) is 0 Å². The molecule has 1 aliphatic heterocycles. The SMILES string of the molecule is Cc1c(N2CCC([C@H](C)N)C2)c(F)cc2ccc(=O)n(C3CC3)c12. The molecular formula is C19H24FN3O. The van der Waals surface area contributed by atoms with Crippen LogP contribution in [0.1, 0.15) is 37.8 Å². The Morgan fingerprint density at radius 2 is 2.04 bits per heavy atom. The number of hydrogen-bond acceptors (Lipinski definition) is 3. The lowest BCUT2D eigenvalue weighted by atomic mass is 10.0. The molecule has 4 nitrogen and oxygen atoms in total. The van der Waals surface area contributed by atoms with Crippen LogP contribution in [0.25, 0.3) is 10.9 Å². The van der Waals surface area contributed by atoms with E-state index in [1.54, 1.807) is 18.2 Å². The Balaban J connectivity index is 1.88. The summed E-state index contributed by atoms with van der Waals surface area (Å²) >= 11 is 0. The minimum Gasteiger partial charge on any atom is -0.369 e. The highest BCUT2D eigenvalue weighted by molar-refractivity contribution is 5.88. The molecular weight excluding hydrogens is 305 g/mol. The Labute approximate surface area is 141 Å². The Morgan fingerprint density at radius 1 is 1.29 bits per heavy atom. The van der Waals surface area contributed by atoms with E-state index in [1.807, 2.05) is 18.4 Å². The van der Waals surface area contributed by atoms with Crippen molar-refractivity contribution in [1.82, 2.24) is 4.57 Å². The van der Waals surface area contributed by atoms with Crippen LogP contribution in [0.2, 0.25) is 0 Å². The number of halogens is 1. The number of benzene rings is 1. The first kappa shape index (κ1) is 15.6. The normalized spacial score (nSPS) is 22.3. The van der Waals surface area contributed by atoms with Crippen molar-refractivity contribution in [1.29, 1.82) is 0 Å². The highest BCUT2D eigenvalue weighted by Gasteiger charge is 2.31. The fourth-order valence-corrected chi connectivity index (χ4v) is 4.08. The summed E-state index contributed by atoms with van der Waals surface area (Å²) in [5.74, 6) is 0.187. The zero-order valence-corrected chi connectivity index (χ0v) is 14.3. The van der Waals surface area contributed by atoms with Crippen molar-refractivity contribution in [2.45, 2.75) is 45.2 Å². The van der Waals surface area contributed by atoms with E-state index in [9.17, 15) is 9.18 Å². The largest absolute Gasteiger partial charge is 0.369 e. The second-order valence-electron chi connectivity index (χ2n) is 7.40. The van der Waals surface area contributed by atoms with Gasteiger partial charge in [-0.15, -0.1) is 0 Å². The van der Waals surface area contributed by atoms with Crippen molar-refractivity contribution < 1.29 is 4.39 Å². The Bertz CT molecular complexity index is 854. The van der Waals surface area contributed by atoms with Crippen LogP contribution >= 0.6 is 0 Å². The highest BCUT2D eigenvalue weighted by atomic mass is 19.1. The molecule has 0 radical (unpaired) electrons. The van der Waals surface area contributed by atoms with Crippen LogP contribution in [-0.2, 0) is 0 Å². The van der Waals surface area contributed by atoms with E-state index in [0.717, 1.165) is 48.8 Å². The van der Waals surface area contributed by atoms with Crippen molar-refractivity contribution >= 4 is 16.6 Å². The minimum atomic E-state index is -0.202. The van der Waals surface area contributed by atoms with E-state index < -0.39 is 0 Å². The van der Waals surface area contributed by atoms with Crippen LogP contribution in [0.4, 0.5) is 10.1 Å². The summed E-state index contributed by atoms with van der Waals surface area (Å²) in [4.78, 5) is 14.5. The molecule has 1 saturated carbocycles. The number of aryl methyl sites for hydroxylation is 1. The summed E-state index contributed by atoms with van der Waals surface area (Å²) in [5, 5.41) is 0.809. The third-order valence-electron chi connectivity index (χ3n) is 5.57. The maximum atomic E-state index is 14.8. The predicted octanol–water partition coefficient (Wildman–Crippen LogP) is 2.96. The fourth-order valence-electron chi connectivity index (χ4n) is 4.08. The Kier molecular flexibility index (Phi) is 3.64. The molecule has 2 fully saturated rings. The molecule has 2 heterocycles. The zero-order chi connectivity index (χ0) is 17.0. The van der Waals surface area contributed by atoms with Gasteiger partial charge in [-0.3, -0.25) is 4.79 Å². The molecule has 1 saturated heterocycles. The number of anilines is 1. The zero-order valence-electron chi connectivity index (χ0n) is 14.3. The Morgan fingerprint density at radius 3 is 2.67 bits per heavy atom. The lowest BCUT2D eigenvalue weighted by molar-refractivity contribution is 0.487. The van der Waals surface area contributed by atoms with Gasteiger partial charge < -0.3 is 15.2 Å². The first-order chi connectivity index (χ1) is 11.5. The second kappa shape index (κ2) is 5.59. The summed E-state index contributed by atoms with van der Waals surface area (Å²) in [6.45, 7) is 5.55. The van der Waals surface area contributed by atoms with Gasteiger partial charge in [-0.1, -0.05) is 0 Å². The molecule has 4 rings (SSSR count). The third kappa shape index (κ3) is 2.42. The molecule has 2 aliphatic rings. The molecule has 1 aliphatic carbocycles. The van der Waals surface area contributed by atoms with Crippen LogP contribution in [0.3, 0.4) is 0 Å². The molecule has 0 spiro atoms. The number of nitrogens with two attached hydrogens (primary N) is 1. The molecule has 2 aromatic rings. The maximum Gasteiger partial charge on any atom is 0.251 e. The molecule has 2 atom stereocenters. The van der Waals surface area contributed by atoms with Crippen molar-refractivity contribution in [2.24, 2.45) is 11.7 Å². The van der Waals surface area contributed by atoms with Gasteiger partial charge >= 0.3 is 0 Å². The molecule has 24 heavy (non-hydrogen) atoms. The second-order valence-corrected chi connectivity index (χ2v) is 7.40. The summed E-state index contributed by atoms with van der Waals surface area (Å²) in [6.07, 6.45) is 3.04. The lowest BCUT2D eigenvalue weighted by Crippen LogP contribution is -2.30. The molecule has 5 heteroatoms. The first-order valence-corrected chi connectivity index (χ1v) is 8.82. The quantitative estimate of drug-likeness (QED) is 0.942. The number of pyridine rings is 1. The van der Waals surface area contributed by atoms with E-state index >= 15 is 0 Å². The van der Waals surface area contributed by atoms with Crippen LogP contribution in [0.15, 0.2) is 23.0 Å². The van der Waals surface area contributed by atoms with Crippen LogP contribution in [0.5, 0.6) is 0 Å². The van der Waals surface area contributed by atoms with E-state index in [2.05, 4.69) is 4.90 Å². The summed E-state index contributed by atoms with van der Waals surface area (Å²) in [7, 11) is 0. The fraction of sp³-hybridized carbons (Fsp3) is 0.526. The average molecular weight is 329 g/mol. The van der Waals surface area contributed by atoms with Crippen LogP contribution in [0, 0.1) is 18.7 Å². The molecule has 0 amide bonds. The van der Waals surface area contributed by atoms with Gasteiger partial charge in [0.1, 0.15) is 5.82 Å². The topological polar surface area (TPSA) is 51.3 Å². The van der Waals surface area contributed by atoms with Crippen LogP contribution < -0.4 is 16.2 Å². The summed E-state index contributed by atoms with van der Waals surface area (Å²) in [5.41, 5.74) is 8.46. The van der Waals surface area contributed by atoms with E-state index in [4.69, 9.17) is 5.73 Å². The molecule has 0 bridgehead atoms. The van der Waals surface area contributed by atoms with Crippen LogP contribution in [-0.4, -0.2) is 23.7 Å². The smallest absolute Gasteiger partial charge is 0.251 e. The third-order valence-corrected chi connectivity index (χ3v) is 5.57. The van der Waals surface area contributed by atoms with Gasteiger partial charge in [0.25, 0.3) is 5.56 Å². The van der Waals surface area contributed by atoms with E-state index in [0.29, 0.717) is 11.6 Å². The minimum absolute atomic E-state index is 0.0144. The van der Waals surface area contributed by atoms with Gasteiger partial charge in [0.15, 0.2) is 0 Å². The number of aromatic nitrogens is 1. The number of nitrogens with zero attached hydrogens (tertiary/aromatic N) is 2. The molecule has 128 valence electrons. The van der Waals surface area contributed by atoms with Crippen molar-refractivity contribution in [3.63, 3.8) is 0 Å². The lowest BCUT2D eigenvalue weighted by Gasteiger charge is -2.24. The summed E-state index contributed by atoms with van der Waals surface area (Å²) < 4.78 is 16.7. The van der Waals surface area contributed by atoms with Gasteiger partial charge in [0, 0.05) is 36.6 Å². The van der Waals surface area contributed by atoms with Gasteiger partial charge in [-0.05, 0) is 56.7 Å². The van der Waals surface area contributed by atoms with Gasteiger partial charge in [0.05, 0.1) is 11.2 Å². The maximum absolute atomic E-state index is 14.8. The average Bonchev–Trinajstić information content (AvgIpc) is 3.24. The molecule has 2 N–H and O–H groups in total. The predicted molar refractivity (Wildman–Crippen MR) is 95.1 cm³/mol. The van der Waals surface area contributed by atoms with E-state index in [-0.39, 0.29) is 23.5 Å². The van der Waals surface area contributed by atoms with Gasteiger partial charge in [-0.2, -0.15) is 0 Å². The number of rotatable bonds is 3. The van der Waals surface area contributed by atoms with Gasteiger partial charge in [0.2, 0.25) is 0 Å². The monoisotopic (exact) mass is 329 g/mol. The molecule has 1 aromatic carbocycles. The molecule has 1 aromatic heterocycles. The van der Waals surface area contributed by atoms with Crippen molar-refractivity contribution in [2.75, 3.05) is 18.0 Å². The van der Waals surface area contributed by atoms with Crippen molar-refractivity contribution in [3.05, 3.63) is 39.9 Å². The number of hydrogen-bond donors (Lipinski definition) is 1. The first-order valence-electron chi connectivity index (χ1n) is 8.82. The number of fused-ring (bicyclic) bond motifs is 1. The van der Waals surface area contributed by atoms with Gasteiger partial charge in [-0.25, -0.2) is 4.39 Å². The van der Waals surface area contributed by atoms with Crippen molar-refractivity contribution in [3.8, 4) is 0 Å². The highest BCUT2D eigenvalue weighted by Crippen LogP contribution is 2.40. The molecule has 1 unspecified atom stereocenters.